The molecule has 4 aromatic rings. The molecule has 10 heteroatoms. The minimum Gasteiger partial charge on any atom is -0.494 e. The van der Waals surface area contributed by atoms with Gasteiger partial charge in [0.15, 0.2) is 24.8 Å². The van der Waals surface area contributed by atoms with E-state index in [1.54, 1.807) is 0 Å². The number of fused-ring (bicyclic) bond motifs is 5. The van der Waals surface area contributed by atoms with E-state index >= 15 is 0 Å². The average molecular weight is 778 g/mol. The van der Waals surface area contributed by atoms with Crippen LogP contribution < -0.4 is 13.9 Å². The number of pyridine rings is 2. The molecule has 0 amide bonds. The molecule has 0 unspecified atom stereocenters. The number of aromatic nitrogens is 3. The van der Waals surface area contributed by atoms with Gasteiger partial charge in [-0.1, -0.05) is 12.1 Å². The summed E-state index contributed by atoms with van der Waals surface area (Å²) in [5.74, 6) is -0.0787. The smallest absolute Gasteiger partial charge is 0.303 e. The predicted molar refractivity (Wildman–Crippen MR) is 231 cm³/mol. The van der Waals surface area contributed by atoms with Crippen LogP contribution in [0.15, 0.2) is 190 Å². The maximum absolute atomic E-state index is 11.0. The van der Waals surface area contributed by atoms with E-state index in [-0.39, 0.29) is 6.42 Å². The van der Waals surface area contributed by atoms with Crippen LogP contribution in [0.4, 0.5) is 0 Å². The molecule has 0 radical (unpaired) electrons. The molecule has 1 aromatic carbocycles. The molecule has 0 saturated carbocycles. The van der Waals surface area contributed by atoms with Crippen molar-refractivity contribution in [1.82, 2.24) is 9.88 Å². The summed E-state index contributed by atoms with van der Waals surface area (Å²) in [5, 5.41) is 9.00. The van der Waals surface area contributed by atoms with Crippen molar-refractivity contribution in [3.63, 3.8) is 0 Å². The van der Waals surface area contributed by atoms with Crippen molar-refractivity contribution in [2.24, 2.45) is 29.1 Å². The van der Waals surface area contributed by atoms with Gasteiger partial charge in [0.2, 0.25) is 0 Å². The van der Waals surface area contributed by atoms with Gasteiger partial charge >= 0.3 is 5.97 Å². The molecule has 290 valence electrons. The summed E-state index contributed by atoms with van der Waals surface area (Å²) < 4.78 is 10.1. The van der Waals surface area contributed by atoms with Gasteiger partial charge in [-0.2, -0.15) is 0 Å². The third-order valence-corrected chi connectivity index (χ3v) is 10.7. The van der Waals surface area contributed by atoms with Gasteiger partial charge in [-0.05, 0) is 108 Å². The lowest BCUT2D eigenvalue weighted by Crippen LogP contribution is -2.26. The fourth-order valence-corrected chi connectivity index (χ4v) is 7.63. The summed E-state index contributed by atoms with van der Waals surface area (Å²) in [6, 6.07) is 20.7. The van der Waals surface area contributed by atoms with Crippen molar-refractivity contribution in [2.45, 2.75) is 19.3 Å². The van der Waals surface area contributed by atoms with Crippen molar-refractivity contribution < 1.29 is 23.8 Å². The lowest BCUT2D eigenvalue weighted by Gasteiger charge is -2.16. The largest absolute Gasteiger partial charge is 0.494 e. The van der Waals surface area contributed by atoms with Gasteiger partial charge in [0.05, 0.1) is 40.8 Å². The number of hydrogen-bond donors (Lipinski definition) is 2. The Bertz CT molecular complexity index is 2740. The van der Waals surface area contributed by atoms with Crippen molar-refractivity contribution in [2.75, 3.05) is 13.7 Å². The topological polar surface area (TPSA) is 110 Å². The number of carboxylic acids is 1. The molecule has 5 aliphatic heterocycles. The Morgan fingerprint density at radius 3 is 1.59 bits per heavy atom. The first-order chi connectivity index (χ1) is 28.8. The number of carboxylic acid groups (broad SMARTS) is 1. The van der Waals surface area contributed by atoms with Crippen LogP contribution in [0.2, 0.25) is 0 Å². The number of hydrogen-bond acceptors (Lipinski definition) is 6. The number of nitrogens with zero attached hydrogens (tertiary/aromatic N) is 6. The molecule has 9 rings (SSSR count). The molecule has 5 aliphatic rings. The lowest BCUT2D eigenvalue weighted by atomic mass is 9.97. The van der Waals surface area contributed by atoms with E-state index < -0.39 is 5.97 Å². The van der Waals surface area contributed by atoms with E-state index in [0.717, 1.165) is 90.2 Å². The normalized spacial score (nSPS) is 16.8. The molecule has 3 aromatic heterocycles. The van der Waals surface area contributed by atoms with Crippen molar-refractivity contribution in [3.8, 4) is 5.75 Å². The van der Waals surface area contributed by atoms with E-state index in [1.165, 1.54) is 0 Å². The van der Waals surface area contributed by atoms with Gasteiger partial charge in [0, 0.05) is 83.8 Å². The van der Waals surface area contributed by atoms with Crippen LogP contribution in [0.25, 0.3) is 16.7 Å². The Balaban J connectivity index is 1.25. The average Bonchev–Trinajstić information content (AvgIpc) is 4.08. The molecule has 0 fully saturated rings. The Labute approximate surface area is 343 Å². The molecule has 0 spiro atoms. The SMILES string of the molecule is CN1C=CC(=C2C3=NC(=C(c4ccc(OCCCCC(=O)O)cc4)C4=NC(=C(c5cc[n+](C)cc5)c5ccc([nH]5)C(c5cc[n+](C)cc5)=C5C=CC2=N5)C=C4)C=C3)C=C1. The van der Waals surface area contributed by atoms with Crippen LogP contribution in [0, 0.1) is 0 Å². The first kappa shape index (κ1) is 37.1. The number of aromatic amines is 1. The fraction of sp³-hybridized carbons (Fsp3) is 0.143. The third kappa shape index (κ3) is 7.68. The van der Waals surface area contributed by atoms with Gasteiger partial charge in [-0.3, -0.25) is 4.79 Å². The maximum atomic E-state index is 11.0. The highest BCUT2D eigenvalue weighted by molar-refractivity contribution is 6.36. The number of aliphatic carboxylic acids is 1. The Kier molecular flexibility index (Phi) is 9.96. The Morgan fingerprint density at radius 1 is 0.610 bits per heavy atom. The van der Waals surface area contributed by atoms with Gasteiger partial charge in [0.25, 0.3) is 0 Å². The van der Waals surface area contributed by atoms with Gasteiger partial charge < -0.3 is 19.7 Å². The number of aryl methyl sites for hydroxylation is 2. The summed E-state index contributed by atoms with van der Waals surface area (Å²) in [6.07, 6.45) is 30.4. The highest BCUT2D eigenvalue weighted by Crippen LogP contribution is 2.38. The molecular formula is C49H43N7O3+2. The van der Waals surface area contributed by atoms with Gasteiger partial charge in [0.1, 0.15) is 19.8 Å². The molecule has 10 nitrogen and oxygen atoms in total. The Hall–Kier alpha value is -7.46. The summed E-state index contributed by atoms with van der Waals surface area (Å²) in [4.78, 5) is 32.9. The molecule has 2 N–H and O–H groups in total. The summed E-state index contributed by atoms with van der Waals surface area (Å²) in [6.45, 7) is 0.443. The summed E-state index contributed by atoms with van der Waals surface area (Å²) >= 11 is 0. The number of allylic oxidation sites excluding steroid dienone is 11. The number of unbranched alkanes of at least 4 members (excludes halogenated alkanes) is 1. The van der Waals surface area contributed by atoms with Crippen LogP contribution in [-0.4, -0.2) is 51.7 Å². The first-order valence-electron chi connectivity index (χ1n) is 19.7. The fourth-order valence-electron chi connectivity index (χ4n) is 7.63. The van der Waals surface area contributed by atoms with Crippen molar-refractivity contribution in [1.29, 1.82) is 0 Å². The van der Waals surface area contributed by atoms with Gasteiger partial charge in [-0.25, -0.2) is 24.1 Å². The molecule has 8 heterocycles. The quantitative estimate of drug-likeness (QED) is 0.135. The molecule has 8 bridgehead atoms. The van der Waals surface area contributed by atoms with Crippen LogP contribution in [0.5, 0.6) is 5.75 Å². The number of benzene rings is 1. The second-order valence-corrected chi connectivity index (χ2v) is 14.9. The van der Waals surface area contributed by atoms with Crippen LogP contribution >= 0.6 is 0 Å². The number of carbonyl (C=O) groups is 1. The van der Waals surface area contributed by atoms with Crippen molar-refractivity contribution in [3.05, 3.63) is 203 Å². The molecule has 0 atom stereocenters. The highest BCUT2D eigenvalue weighted by atomic mass is 16.5. The van der Waals surface area contributed by atoms with E-state index in [4.69, 9.17) is 24.8 Å². The number of nitrogens with one attached hydrogen (secondary N) is 1. The number of aliphatic imine (C=N–C) groups is 3. The minimum atomic E-state index is -0.794. The van der Waals surface area contributed by atoms with Crippen LogP contribution in [0.3, 0.4) is 0 Å². The van der Waals surface area contributed by atoms with E-state index in [2.05, 4.69) is 115 Å². The second-order valence-electron chi connectivity index (χ2n) is 14.9. The monoisotopic (exact) mass is 777 g/mol. The summed E-state index contributed by atoms with van der Waals surface area (Å²) in [7, 11) is 6.04. The number of ether oxygens (including phenoxy) is 1. The van der Waals surface area contributed by atoms with E-state index in [0.29, 0.717) is 25.2 Å². The zero-order chi connectivity index (χ0) is 40.5. The second kappa shape index (κ2) is 15.8. The van der Waals surface area contributed by atoms with Crippen LogP contribution in [-0.2, 0) is 18.9 Å². The van der Waals surface area contributed by atoms with E-state index in [9.17, 15) is 4.79 Å². The highest BCUT2D eigenvalue weighted by Gasteiger charge is 2.27. The molecular weight excluding hydrogens is 735 g/mol. The number of H-pyrrole nitrogens is 1. The lowest BCUT2D eigenvalue weighted by molar-refractivity contribution is -0.671. The Morgan fingerprint density at radius 2 is 1.08 bits per heavy atom. The molecule has 0 saturated heterocycles. The zero-order valence-electron chi connectivity index (χ0n) is 33.1. The van der Waals surface area contributed by atoms with Crippen LogP contribution in [0.1, 0.15) is 47.3 Å². The van der Waals surface area contributed by atoms with Crippen molar-refractivity contribution >= 4 is 39.8 Å². The first-order valence-corrected chi connectivity index (χ1v) is 19.7. The summed E-state index contributed by atoms with van der Waals surface area (Å²) in [5.41, 5.74) is 14.5. The third-order valence-electron chi connectivity index (χ3n) is 10.7. The maximum Gasteiger partial charge on any atom is 0.303 e. The standard InChI is InChI=1S/C49H41N7O3/c1-54-25-19-33(20-26-54)47-39-13-11-37(50-39)46(32-7-9-36(10-8-32)59-31-5-4-6-45(57)58)38-12-14-40(51-38)48(34-21-27-55(2)28-22-34)42-16-18-44(53-42)49(43-17-15-41(47)52-43)35-23-29-56(3)30-24-35/h7-30H,4-6,31H2,1-3H3/p+2. The minimum absolute atomic E-state index is 0.133. The molecule has 59 heavy (non-hydrogen) atoms. The van der Waals surface area contributed by atoms with Gasteiger partial charge in [-0.15, -0.1) is 0 Å². The molecule has 0 aliphatic carbocycles. The zero-order valence-corrected chi connectivity index (χ0v) is 33.1. The predicted octanol–water partition coefficient (Wildman–Crippen LogP) is 7.54. The number of rotatable bonds is 9. The van der Waals surface area contributed by atoms with E-state index in [1.807, 2.05) is 71.8 Å².